The quantitative estimate of drug-likeness (QED) is 0.691. The molecule has 0 aliphatic rings. The first-order valence-electron chi connectivity index (χ1n) is 5.77. The average Bonchev–Trinajstić information content (AvgIpc) is 2.89. The molecule has 5 heteroatoms. The highest BCUT2D eigenvalue weighted by Crippen LogP contribution is 2.25. The van der Waals surface area contributed by atoms with E-state index in [2.05, 4.69) is 15.2 Å². The number of nitrogen functional groups attached to an aromatic ring is 1. The van der Waals surface area contributed by atoms with Crippen molar-refractivity contribution < 1.29 is 4.39 Å². The number of hydrogen-bond donors (Lipinski definition) is 2. The van der Waals surface area contributed by atoms with E-state index in [4.69, 9.17) is 5.73 Å². The van der Waals surface area contributed by atoms with Crippen molar-refractivity contribution in [1.82, 2.24) is 15.2 Å². The zero-order chi connectivity index (χ0) is 13.2. The Bertz CT molecular complexity index is 706. The topological polar surface area (TPSA) is 67.6 Å². The highest BCUT2D eigenvalue weighted by Gasteiger charge is 2.10. The molecule has 0 saturated heterocycles. The van der Waals surface area contributed by atoms with E-state index in [1.807, 2.05) is 30.3 Å². The predicted octanol–water partition coefficient (Wildman–Crippen LogP) is 2.86. The minimum absolute atomic E-state index is 0.329. The number of H-pyrrole nitrogens is 1. The van der Waals surface area contributed by atoms with E-state index in [1.165, 1.54) is 12.1 Å². The summed E-state index contributed by atoms with van der Waals surface area (Å²) in [5, 5.41) is 6.96. The van der Waals surface area contributed by atoms with Crippen molar-refractivity contribution >= 4 is 5.69 Å². The lowest BCUT2D eigenvalue weighted by Gasteiger charge is -2.01. The van der Waals surface area contributed by atoms with E-state index >= 15 is 0 Å². The van der Waals surface area contributed by atoms with Crippen LogP contribution in [0.5, 0.6) is 0 Å². The fourth-order valence-corrected chi connectivity index (χ4v) is 1.85. The van der Waals surface area contributed by atoms with Crippen LogP contribution >= 0.6 is 0 Å². The van der Waals surface area contributed by atoms with Crippen molar-refractivity contribution in [2.24, 2.45) is 0 Å². The molecule has 3 N–H and O–H groups in total. The van der Waals surface area contributed by atoms with Gasteiger partial charge in [0.05, 0.1) is 0 Å². The molecule has 0 radical (unpaired) electrons. The molecule has 0 unspecified atom stereocenters. The lowest BCUT2D eigenvalue weighted by atomic mass is 10.1. The molecule has 0 amide bonds. The van der Waals surface area contributed by atoms with Crippen molar-refractivity contribution in [3.63, 3.8) is 0 Å². The Morgan fingerprint density at radius 1 is 1.05 bits per heavy atom. The molecule has 0 fully saturated rings. The van der Waals surface area contributed by atoms with Gasteiger partial charge in [0.25, 0.3) is 0 Å². The average molecular weight is 254 g/mol. The molecule has 19 heavy (non-hydrogen) atoms. The van der Waals surface area contributed by atoms with Gasteiger partial charge >= 0.3 is 0 Å². The van der Waals surface area contributed by atoms with Crippen LogP contribution in [0.2, 0.25) is 0 Å². The summed E-state index contributed by atoms with van der Waals surface area (Å²) in [4.78, 5) is 4.37. The first-order valence-corrected chi connectivity index (χ1v) is 5.77. The third kappa shape index (κ3) is 2.18. The van der Waals surface area contributed by atoms with Gasteiger partial charge in [0.1, 0.15) is 5.82 Å². The second kappa shape index (κ2) is 4.53. The number of aromatic amines is 1. The Labute approximate surface area is 109 Å². The molecule has 94 valence electrons. The van der Waals surface area contributed by atoms with Crippen LogP contribution in [0.25, 0.3) is 22.8 Å². The molecule has 1 heterocycles. The van der Waals surface area contributed by atoms with E-state index in [0.717, 1.165) is 5.56 Å². The van der Waals surface area contributed by atoms with E-state index in [0.29, 0.717) is 22.9 Å². The summed E-state index contributed by atoms with van der Waals surface area (Å²) >= 11 is 0. The number of nitrogens with zero attached hydrogens (tertiary/aromatic N) is 2. The number of rotatable bonds is 2. The van der Waals surface area contributed by atoms with Gasteiger partial charge in [-0.2, -0.15) is 5.10 Å². The highest BCUT2D eigenvalue weighted by atomic mass is 19.1. The first kappa shape index (κ1) is 11.4. The normalized spacial score (nSPS) is 10.6. The number of anilines is 1. The van der Waals surface area contributed by atoms with Gasteiger partial charge in [-0.25, -0.2) is 9.37 Å². The number of hydrogen-bond acceptors (Lipinski definition) is 3. The van der Waals surface area contributed by atoms with Gasteiger partial charge in [-0.1, -0.05) is 30.3 Å². The second-order valence-corrected chi connectivity index (χ2v) is 4.11. The van der Waals surface area contributed by atoms with Crippen LogP contribution in [0.1, 0.15) is 0 Å². The minimum atomic E-state index is -0.371. The molecule has 0 spiro atoms. The molecular weight excluding hydrogens is 243 g/mol. The van der Waals surface area contributed by atoms with Crippen LogP contribution in [0, 0.1) is 5.82 Å². The highest BCUT2D eigenvalue weighted by molar-refractivity contribution is 5.72. The molecule has 3 aromatic rings. The molecule has 4 nitrogen and oxygen atoms in total. The third-order valence-electron chi connectivity index (χ3n) is 2.79. The van der Waals surface area contributed by atoms with Crippen molar-refractivity contribution in [2.75, 3.05) is 5.73 Å². The van der Waals surface area contributed by atoms with Gasteiger partial charge in [-0.15, -0.1) is 0 Å². The van der Waals surface area contributed by atoms with Gasteiger partial charge in [-0.05, 0) is 18.2 Å². The number of benzene rings is 2. The van der Waals surface area contributed by atoms with E-state index in [1.54, 1.807) is 6.07 Å². The van der Waals surface area contributed by atoms with Crippen LogP contribution in [-0.4, -0.2) is 15.2 Å². The summed E-state index contributed by atoms with van der Waals surface area (Å²) in [5.41, 5.74) is 7.65. The van der Waals surface area contributed by atoms with Crippen LogP contribution in [0.15, 0.2) is 48.5 Å². The van der Waals surface area contributed by atoms with Crippen molar-refractivity contribution in [3.8, 4) is 22.8 Å². The van der Waals surface area contributed by atoms with Gasteiger partial charge in [0.15, 0.2) is 11.6 Å². The fraction of sp³-hybridized carbons (Fsp3) is 0. The summed E-state index contributed by atoms with van der Waals surface area (Å²) in [6.07, 6.45) is 0. The Kier molecular flexibility index (Phi) is 2.72. The monoisotopic (exact) mass is 254 g/mol. The number of halogens is 1. The molecule has 0 bridgehead atoms. The molecule has 3 rings (SSSR count). The van der Waals surface area contributed by atoms with E-state index in [9.17, 15) is 4.39 Å². The second-order valence-electron chi connectivity index (χ2n) is 4.11. The van der Waals surface area contributed by atoms with E-state index in [-0.39, 0.29) is 5.82 Å². The Morgan fingerprint density at radius 2 is 1.84 bits per heavy atom. The van der Waals surface area contributed by atoms with Gasteiger partial charge < -0.3 is 5.73 Å². The molecule has 0 aliphatic carbocycles. The van der Waals surface area contributed by atoms with Gasteiger partial charge in [0, 0.05) is 16.8 Å². The number of aromatic nitrogens is 3. The number of nitrogens with one attached hydrogen (secondary N) is 1. The molecule has 1 aromatic heterocycles. The van der Waals surface area contributed by atoms with Crippen molar-refractivity contribution in [1.29, 1.82) is 0 Å². The van der Waals surface area contributed by atoms with Crippen molar-refractivity contribution in [3.05, 3.63) is 54.3 Å². The molecular formula is C14H11FN4. The Morgan fingerprint density at radius 3 is 2.58 bits per heavy atom. The van der Waals surface area contributed by atoms with Crippen LogP contribution in [0.4, 0.5) is 10.1 Å². The molecule has 0 atom stereocenters. The Hall–Kier alpha value is -2.69. The molecule has 0 aliphatic heterocycles. The number of nitrogens with two attached hydrogens (primary N) is 1. The maximum absolute atomic E-state index is 13.0. The smallest absolute Gasteiger partial charge is 0.181 e. The van der Waals surface area contributed by atoms with Gasteiger partial charge in [-0.3, -0.25) is 5.10 Å². The maximum atomic E-state index is 13.0. The first-order chi connectivity index (χ1) is 9.24. The molecule has 0 saturated carbocycles. The third-order valence-corrected chi connectivity index (χ3v) is 2.79. The van der Waals surface area contributed by atoms with E-state index < -0.39 is 0 Å². The zero-order valence-electron chi connectivity index (χ0n) is 9.97. The lowest BCUT2D eigenvalue weighted by molar-refractivity contribution is 0.628. The summed E-state index contributed by atoms with van der Waals surface area (Å²) < 4.78 is 13.0. The van der Waals surface area contributed by atoms with Gasteiger partial charge in [0.2, 0.25) is 0 Å². The van der Waals surface area contributed by atoms with Crippen LogP contribution in [0.3, 0.4) is 0 Å². The van der Waals surface area contributed by atoms with Crippen LogP contribution in [-0.2, 0) is 0 Å². The summed E-state index contributed by atoms with van der Waals surface area (Å²) in [6, 6.07) is 13.8. The Balaban J connectivity index is 2.02. The summed E-state index contributed by atoms with van der Waals surface area (Å²) in [6.45, 7) is 0. The summed E-state index contributed by atoms with van der Waals surface area (Å²) in [7, 11) is 0. The minimum Gasteiger partial charge on any atom is -0.398 e. The fourth-order valence-electron chi connectivity index (χ4n) is 1.85. The van der Waals surface area contributed by atoms with Crippen LogP contribution < -0.4 is 5.73 Å². The maximum Gasteiger partial charge on any atom is 0.181 e. The predicted molar refractivity (Wildman–Crippen MR) is 71.6 cm³/mol. The largest absolute Gasteiger partial charge is 0.398 e. The zero-order valence-corrected chi connectivity index (χ0v) is 9.97. The molecule has 2 aromatic carbocycles. The lowest BCUT2D eigenvalue weighted by Crippen LogP contribution is -1.92. The standard InChI is InChI=1S/C14H11FN4/c15-10-6-7-11(12(16)8-10)14-17-13(18-19-14)9-4-2-1-3-5-9/h1-8H,16H2,(H,17,18,19). The summed E-state index contributed by atoms with van der Waals surface area (Å²) in [5.74, 6) is 0.736. The SMILES string of the molecule is Nc1cc(F)ccc1-c1nc(-c2ccccc2)n[nH]1. The van der Waals surface area contributed by atoms with Crippen molar-refractivity contribution in [2.45, 2.75) is 0 Å².